The number of nitrogens with zero attached hydrogens (tertiary/aromatic N) is 2. The Morgan fingerprint density at radius 2 is 1.21 bits per heavy atom. The molecule has 13 amide bonds. The summed E-state index contributed by atoms with van der Waals surface area (Å²) in [5, 5.41) is 36.0. The molecule has 38 nitrogen and oxygen atoms in total. The number of carbonyl (C=O) groups excluding carboxylic acids is 13. The number of hydrogen-bond donors (Lipinski definition) is 20. The van der Waals surface area contributed by atoms with Gasteiger partial charge in [0.15, 0.2) is 0 Å². The Bertz CT molecular complexity index is 3670. The van der Waals surface area contributed by atoms with E-state index in [1.54, 1.807) is 40.0 Å². The third-order valence-electron chi connectivity index (χ3n) is 18.3. The smallest absolute Gasteiger partial charge is 0.368 e. The molecule has 112 heavy (non-hydrogen) atoms. The summed E-state index contributed by atoms with van der Waals surface area (Å²) in [6, 6.07) is -2.52. The zero-order valence-corrected chi connectivity index (χ0v) is 69.0. The molecule has 21 N–H and O–H groups in total. The van der Waals surface area contributed by atoms with Crippen molar-refractivity contribution < 1.29 is 110 Å². The van der Waals surface area contributed by atoms with Crippen molar-refractivity contribution in [3.8, 4) is 0 Å². The van der Waals surface area contributed by atoms with E-state index in [1.165, 1.54) is 11.8 Å². The Morgan fingerprint density at radius 1 is 0.625 bits per heavy atom. The van der Waals surface area contributed by atoms with Crippen LogP contribution in [-0.2, 0) is 82.4 Å². The summed E-state index contributed by atoms with van der Waals surface area (Å²) in [4.78, 5) is 240. The largest absolute Gasteiger partial charge is 0.384 e. The molecule has 1 unspecified atom stereocenters. The molecular formula is C69H116N15O23P3S2. The van der Waals surface area contributed by atoms with Crippen LogP contribution >= 0.6 is 45.1 Å². The maximum Gasteiger partial charge on any atom is 0.384 e. The van der Waals surface area contributed by atoms with Crippen molar-refractivity contribution in [2.24, 2.45) is 23.5 Å². The van der Waals surface area contributed by atoms with E-state index in [1.807, 2.05) is 32.0 Å². The first kappa shape index (κ1) is 97.5. The van der Waals surface area contributed by atoms with Gasteiger partial charge in [-0.15, -0.1) is 11.8 Å². The number of nitrogens with one attached hydrogen (secondary N) is 12. The number of thioether (sulfide) groups is 1. The fourth-order valence-corrected chi connectivity index (χ4v) is 17.4. The van der Waals surface area contributed by atoms with Gasteiger partial charge in [0.1, 0.15) is 48.3 Å². The number of nitrogens with two attached hydrogens (primary N) is 1. The fourth-order valence-electron chi connectivity index (χ4n) is 12.5. The summed E-state index contributed by atoms with van der Waals surface area (Å²) in [7, 11) is -11.3. The predicted molar refractivity (Wildman–Crippen MR) is 418 cm³/mol. The normalized spacial score (nSPS) is 16.8. The van der Waals surface area contributed by atoms with Crippen LogP contribution in [0.4, 0.5) is 0 Å². The van der Waals surface area contributed by atoms with Crippen molar-refractivity contribution in [3.05, 3.63) is 36.0 Å². The Kier molecular flexibility index (Phi) is 41.1. The zero-order chi connectivity index (χ0) is 83.8. The standard InChI is InChI=1S/C69H116N15O23P3S2/c1-41(2)33-50(61(90)73-28-18-26-71-29-32-112-110(105,106)107)80-60(89)44(7)76-63(92)53(36-46-38-74-48-20-12-11-19-47(46)48)81-64(93)52(35-43(5)6)78-58(87)39-75-62(91)51(34-42(3)4)82-66(95)55-22-16-31-83(55)67(96)49(21-13-14-25-70)79-65(94)54(77-45(8)85)40-111-56-37-59(88)84(68(56)97)30-15-9-10-23-57(86)72-27-17-24-69(98,108(99,100)101)109(102,103)104/h11-12,19-20,38,41-44,49-56,71,74,98H,9-10,13-18,21-37,39-40,70H2,1-8H3,(H,72,86)(H,73,90)(H,75,91)(H,76,92)(H,77,85)(H,78,87)(H,79,94)(H,80,89)(H,81,93)(H,82,95)(H2,99,100,101)(H2,102,103,104)(H2,105,106,107)/t44-,49-,50-,51-,52-,53-,54-,55-,56?/m0/s1. The summed E-state index contributed by atoms with van der Waals surface area (Å²) < 4.78 is 34.3. The second-order valence-corrected chi connectivity index (χ2v) is 38.3. The zero-order valence-electron chi connectivity index (χ0n) is 64.7. The first-order valence-corrected chi connectivity index (χ1v) is 45.1. The molecule has 2 aliphatic rings. The van der Waals surface area contributed by atoms with Crippen LogP contribution in [0.2, 0.25) is 0 Å². The third kappa shape index (κ3) is 33.1. The molecule has 43 heteroatoms. The number of unbranched alkanes of at least 4 members (excludes halogenated alkanes) is 3. The van der Waals surface area contributed by atoms with Crippen LogP contribution in [0.15, 0.2) is 30.5 Å². The van der Waals surface area contributed by atoms with Gasteiger partial charge in [0.25, 0.3) is 5.08 Å². The summed E-state index contributed by atoms with van der Waals surface area (Å²) in [5.41, 5.74) is 7.19. The van der Waals surface area contributed by atoms with Gasteiger partial charge >= 0.3 is 22.0 Å². The SMILES string of the molecule is CC(=O)N[C@@H](CSC1CC(=O)N(CCCCCC(=O)NCCCC(O)(P(=O)(O)O)P(=O)(O)O)C1=O)C(=O)N[C@@H](CCCCN)C(=O)N1CCC[C@H]1C(=O)N[C@@H](CC(C)C)C(=O)NCC(=O)N[C@@H](CC(C)C)C(=O)N[C@@H](Cc1c[nH]c2ccccc12)C(=O)N[C@@H](C)C(=O)N[C@@H](CC(C)C)C(=O)NCCCNCCSP(=O)(O)O. The maximum absolute atomic E-state index is 14.7. The first-order valence-electron chi connectivity index (χ1n) is 37.6. The molecule has 0 spiro atoms. The Labute approximate surface area is 660 Å². The van der Waals surface area contributed by atoms with Gasteiger partial charge in [-0.3, -0.25) is 76.4 Å². The van der Waals surface area contributed by atoms with E-state index >= 15 is 0 Å². The number of para-hydroxylation sites is 1. The number of rotatable bonds is 52. The number of likely N-dealkylation sites (tertiary alicyclic amines) is 2. The van der Waals surface area contributed by atoms with Crippen molar-refractivity contribution in [2.75, 3.05) is 63.9 Å². The van der Waals surface area contributed by atoms with Crippen molar-refractivity contribution in [1.29, 1.82) is 0 Å². The lowest BCUT2D eigenvalue weighted by Crippen LogP contribution is -2.59. The monoisotopic (exact) mass is 1680 g/mol. The van der Waals surface area contributed by atoms with Gasteiger partial charge in [-0.05, 0) is 138 Å². The van der Waals surface area contributed by atoms with Gasteiger partial charge in [-0.25, -0.2) is 4.57 Å². The van der Waals surface area contributed by atoms with E-state index in [2.05, 4.69) is 63.5 Å². The average Bonchev–Trinajstić information content (AvgIpc) is 1.01. The minimum absolute atomic E-state index is 0.00602. The van der Waals surface area contributed by atoms with Crippen LogP contribution in [0.3, 0.4) is 0 Å². The molecule has 0 aliphatic carbocycles. The van der Waals surface area contributed by atoms with Crippen LogP contribution in [0.25, 0.3) is 10.9 Å². The van der Waals surface area contributed by atoms with Gasteiger partial charge < -0.3 is 109 Å². The topological polar surface area (TPSA) is 595 Å². The number of hydrogen-bond acceptors (Lipinski definition) is 21. The maximum atomic E-state index is 14.7. The van der Waals surface area contributed by atoms with Crippen molar-refractivity contribution in [3.63, 3.8) is 0 Å². The van der Waals surface area contributed by atoms with Crippen LogP contribution in [0.5, 0.6) is 0 Å². The molecule has 2 aliphatic heterocycles. The first-order chi connectivity index (χ1) is 52.5. The third-order valence-corrected chi connectivity index (χ3v) is 25.8. The van der Waals surface area contributed by atoms with Crippen LogP contribution in [0.1, 0.15) is 164 Å². The van der Waals surface area contributed by atoms with Crippen molar-refractivity contribution in [2.45, 2.75) is 223 Å². The highest BCUT2D eigenvalue weighted by Gasteiger charge is 2.58. The molecule has 1 aromatic carbocycles. The number of H-pyrrole nitrogens is 1. The van der Waals surface area contributed by atoms with E-state index in [0.717, 1.165) is 34.5 Å². The number of imide groups is 1. The molecule has 2 saturated heterocycles. The minimum atomic E-state index is -5.66. The van der Waals surface area contributed by atoms with E-state index in [0.29, 0.717) is 68.6 Å². The lowest BCUT2D eigenvalue weighted by Gasteiger charge is -2.31. The van der Waals surface area contributed by atoms with Gasteiger partial charge in [-0.2, -0.15) is 0 Å². The molecule has 1 aromatic heterocycles. The number of amides is 13. The number of benzene rings is 1. The molecule has 9 atom stereocenters. The second kappa shape index (κ2) is 47.2. The predicted octanol–water partition coefficient (Wildman–Crippen LogP) is -0.241. The molecule has 2 aromatic rings. The van der Waals surface area contributed by atoms with Crippen LogP contribution in [-0.4, -0.2) is 249 Å². The highest BCUT2D eigenvalue weighted by Crippen LogP contribution is 2.69. The average molecular weight is 1680 g/mol. The Hall–Kier alpha value is -6.90. The van der Waals surface area contributed by atoms with Crippen molar-refractivity contribution >= 4 is 133 Å². The molecule has 2 fully saturated rings. The summed E-state index contributed by atoms with van der Waals surface area (Å²) in [6.07, 6.45) is 3.10. The van der Waals surface area contributed by atoms with E-state index in [-0.39, 0.29) is 126 Å². The summed E-state index contributed by atoms with van der Waals surface area (Å²) in [5.74, 6) is -9.10. The highest BCUT2D eigenvalue weighted by atomic mass is 32.7. The van der Waals surface area contributed by atoms with E-state index in [4.69, 9.17) is 15.5 Å². The molecule has 0 bridgehead atoms. The van der Waals surface area contributed by atoms with E-state index in [9.17, 15) is 101 Å². The lowest BCUT2D eigenvalue weighted by molar-refractivity contribution is -0.142. The number of carbonyl (C=O) groups is 13. The second-order valence-electron chi connectivity index (χ2n) is 29.2. The number of aromatic nitrogens is 1. The quantitative estimate of drug-likeness (QED) is 0.0231. The van der Waals surface area contributed by atoms with Crippen molar-refractivity contribution in [1.82, 2.24) is 73.3 Å². The van der Waals surface area contributed by atoms with Gasteiger partial charge in [0, 0.05) is 93.9 Å². The van der Waals surface area contributed by atoms with Gasteiger partial charge in [0.05, 0.1) is 11.8 Å². The van der Waals surface area contributed by atoms with Gasteiger partial charge in [0.2, 0.25) is 76.8 Å². The van der Waals surface area contributed by atoms with Gasteiger partial charge in [-0.1, -0.05) is 66.2 Å². The molecule has 0 radical (unpaired) electrons. The number of aliphatic hydroxyl groups is 1. The molecule has 632 valence electrons. The summed E-state index contributed by atoms with van der Waals surface area (Å²) in [6.45, 7) is 9.70. The number of fused-ring (bicyclic) bond motifs is 1. The highest BCUT2D eigenvalue weighted by molar-refractivity contribution is 8.54. The summed E-state index contributed by atoms with van der Waals surface area (Å²) >= 11 is 1.46. The minimum Gasteiger partial charge on any atom is -0.368 e. The Morgan fingerprint density at radius 3 is 1.84 bits per heavy atom. The fraction of sp³-hybridized carbons (Fsp3) is 0.696. The molecular weight excluding hydrogens is 1560 g/mol. The number of aromatic amines is 1. The molecule has 3 heterocycles. The Balaban J connectivity index is 1.38. The van der Waals surface area contributed by atoms with E-state index < -0.39 is 170 Å². The lowest BCUT2D eigenvalue weighted by atomic mass is 10.0. The van der Waals surface area contributed by atoms with Crippen LogP contribution in [0, 0.1) is 17.8 Å². The molecule has 4 rings (SSSR count). The molecule has 0 saturated carbocycles. The van der Waals surface area contributed by atoms with Crippen LogP contribution < -0.4 is 64.2 Å².